The van der Waals surface area contributed by atoms with Crippen molar-refractivity contribution < 1.29 is 0 Å². The van der Waals surface area contributed by atoms with Crippen molar-refractivity contribution in [1.82, 2.24) is 4.90 Å². The second kappa shape index (κ2) is 5.42. The van der Waals surface area contributed by atoms with E-state index in [0.717, 1.165) is 17.8 Å². The van der Waals surface area contributed by atoms with Crippen molar-refractivity contribution in [2.24, 2.45) is 5.92 Å². The molecule has 0 bridgehead atoms. The van der Waals surface area contributed by atoms with Gasteiger partial charge in [0.1, 0.15) is 7.85 Å². The average Bonchev–Trinajstić information content (AvgIpc) is 2.54. The minimum atomic E-state index is 0.884. The second-order valence-electron chi connectivity index (χ2n) is 4.74. The van der Waals surface area contributed by atoms with E-state index in [4.69, 9.17) is 7.85 Å². The number of nitrogens with zero attached hydrogens (tertiary/aromatic N) is 1. The molecule has 1 nitrogen and oxygen atoms in total. The van der Waals surface area contributed by atoms with E-state index in [1.54, 1.807) is 0 Å². The van der Waals surface area contributed by atoms with E-state index in [9.17, 15) is 0 Å². The minimum Gasteiger partial charge on any atom is -0.372 e. The Morgan fingerprint density at radius 3 is 2.69 bits per heavy atom. The van der Waals surface area contributed by atoms with Gasteiger partial charge in [-0.25, -0.2) is 0 Å². The Bertz CT molecular complexity index is 320. The number of rotatable bonds is 2. The van der Waals surface area contributed by atoms with E-state index in [0.29, 0.717) is 0 Å². The summed E-state index contributed by atoms with van der Waals surface area (Å²) in [7, 11) is 5.79. The zero-order valence-corrected chi connectivity index (χ0v) is 10.2. The molecule has 0 aromatic carbocycles. The van der Waals surface area contributed by atoms with Crippen molar-refractivity contribution in [2.75, 3.05) is 13.1 Å². The molecule has 0 spiro atoms. The maximum Gasteiger partial charge on any atom is 0.113 e. The Hall–Kier alpha value is -0.915. The summed E-state index contributed by atoms with van der Waals surface area (Å²) in [5, 5.41) is 0. The molecule has 1 aliphatic heterocycles. The summed E-state index contributed by atoms with van der Waals surface area (Å²) in [6.45, 7) is 4.71. The van der Waals surface area contributed by atoms with Crippen LogP contribution in [-0.4, -0.2) is 25.8 Å². The van der Waals surface area contributed by atoms with Gasteiger partial charge < -0.3 is 4.90 Å². The van der Waals surface area contributed by atoms with Gasteiger partial charge in [0, 0.05) is 18.8 Å². The summed E-state index contributed by atoms with van der Waals surface area (Å²) in [6, 6.07) is 0. The lowest BCUT2D eigenvalue weighted by atomic mass is 9.94. The predicted molar refractivity (Wildman–Crippen MR) is 70.3 cm³/mol. The first-order valence-corrected chi connectivity index (χ1v) is 6.38. The van der Waals surface area contributed by atoms with Gasteiger partial charge in [0.2, 0.25) is 0 Å². The predicted octanol–water partition coefficient (Wildman–Crippen LogP) is 3.00. The van der Waals surface area contributed by atoms with Crippen LogP contribution in [0.25, 0.3) is 0 Å². The summed E-state index contributed by atoms with van der Waals surface area (Å²) < 4.78 is 0. The Morgan fingerprint density at radius 2 is 2.00 bits per heavy atom. The van der Waals surface area contributed by atoms with Gasteiger partial charge in [0.25, 0.3) is 0 Å². The lowest BCUT2D eigenvalue weighted by Crippen LogP contribution is -2.32. The van der Waals surface area contributed by atoms with E-state index >= 15 is 0 Å². The van der Waals surface area contributed by atoms with E-state index in [1.807, 2.05) is 6.08 Å². The summed E-state index contributed by atoms with van der Waals surface area (Å²) in [4.78, 5) is 2.50. The van der Waals surface area contributed by atoms with Gasteiger partial charge in [0.05, 0.1) is 0 Å². The number of piperidine rings is 1. The van der Waals surface area contributed by atoms with Crippen LogP contribution in [0.3, 0.4) is 0 Å². The molecule has 2 aliphatic rings. The van der Waals surface area contributed by atoms with Crippen molar-refractivity contribution >= 4 is 7.85 Å². The first-order valence-electron chi connectivity index (χ1n) is 6.38. The molecule has 0 amide bonds. The third-order valence-electron chi connectivity index (χ3n) is 3.68. The normalized spacial score (nSPS) is 22.7. The van der Waals surface area contributed by atoms with Crippen LogP contribution in [0.15, 0.2) is 35.5 Å². The molecular weight excluding hydrogens is 193 g/mol. The summed E-state index contributed by atoms with van der Waals surface area (Å²) in [6.07, 6.45) is 13.5. The molecule has 0 unspecified atom stereocenters. The summed E-state index contributed by atoms with van der Waals surface area (Å²) in [5.41, 5.74) is 2.24. The fourth-order valence-electron chi connectivity index (χ4n) is 2.47. The van der Waals surface area contributed by atoms with Gasteiger partial charge in [-0.3, -0.25) is 0 Å². The minimum absolute atomic E-state index is 0.884. The molecule has 84 valence electrons. The van der Waals surface area contributed by atoms with Crippen LogP contribution in [-0.2, 0) is 0 Å². The smallest absolute Gasteiger partial charge is 0.113 e. The molecule has 0 N–H and O–H groups in total. The zero-order valence-electron chi connectivity index (χ0n) is 10.2. The lowest BCUT2D eigenvalue weighted by Gasteiger charge is -2.34. The fourth-order valence-corrected chi connectivity index (χ4v) is 2.47. The lowest BCUT2D eigenvalue weighted by molar-refractivity contribution is 0.228. The van der Waals surface area contributed by atoms with Crippen molar-refractivity contribution in [3.05, 3.63) is 35.5 Å². The van der Waals surface area contributed by atoms with E-state index in [2.05, 4.69) is 30.1 Å². The maximum absolute atomic E-state index is 5.79. The molecule has 0 saturated carbocycles. The zero-order chi connectivity index (χ0) is 11.4. The van der Waals surface area contributed by atoms with E-state index < -0.39 is 0 Å². The van der Waals surface area contributed by atoms with Crippen LogP contribution < -0.4 is 0 Å². The molecule has 16 heavy (non-hydrogen) atoms. The van der Waals surface area contributed by atoms with Gasteiger partial charge in [-0.1, -0.05) is 31.6 Å². The SMILES string of the molecule is [B]C1=CCC=C(N2CCC(CC)CC2)C=C1. The van der Waals surface area contributed by atoms with Crippen LogP contribution >= 0.6 is 0 Å². The molecule has 2 heteroatoms. The molecule has 1 saturated heterocycles. The third-order valence-corrected chi connectivity index (χ3v) is 3.68. The van der Waals surface area contributed by atoms with Gasteiger partial charge in [-0.2, -0.15) is 0 Å². The molecule has 1 aliphatic carbocycles. The van der Waals surface area contributed by atoms with Gasteiger partial charge in [0.15, 0.2) is 0 Å². The second-order valence-corrected chi connectivity index (χ2v) is 4.74. The Kier molecular flexibility index (Phi) is 3.92. The van der Waals surface area contributed by atoms with Crippen molar-refractivity contribution in [3.8, 4) is 0 Å². The highest BCUT2D eigenvalue weighted by Gasteiger charge is 2.18. The number of hydrogen-bond donors (Lipinski definition) is 0. The molecule has 2 radical (unpaired) electrons. The van der Waals surface area contributed by atoms with Crippen LogP contribution in [0.1, 0.15) is 32.6 Å². The fraction of sp³-hybridized carbons (Fsp3) is 0.571. The number of hydrogen-bond acceptors (Lipinski definition) is 1. The molecule has 1 fully saturated rings. The van der Waals surface area contributed by atoms with Gasteiger partial charge >= 0.3 is 0 Å². The molecular formula is C14H20BN. The van der Waals surface area contributed by atoms with Crippen molar-refractivity contribution in [2.45, 2.75) is 32.6 Å². The first kappa shape index (κ1) is 11.6. The Morgan fingerprint density at radius 1 is 1.25 bits per heavy atom. The number of allylic oxidation sites excluding steroid dienone is 5. The highest BCUT2D eigenvalue weighted by molar-refractivity contribution is 6.23. The van der Waals surface area contributed by atoms with E-state index in [-0.39, 0.29) is 0 Å². The van der Waals surface area contributed by atoms with Crippen molar-refractivity contribution in [3.63, 3.8) is 0 Å². The van der Waals surface area contributed by atoms with Crippen LogP contribution in [0.4, 0.5) is 0 Å². The van der Waals surface area contributed by atoms with Crippen LogP contribution in [0, 0.1) is 5.92 Å². The van der Waals surface area contributed by atoms with Crippen LogP contribution in [0.2, 0.25) is 0 Å². The standard InChI is InChI=1S/C14H20BN/c1-2-12-8-10-16(11-9-12)14-5-3-4-13(15)6-7-14/h4-7,12H,2-3,8-11H2,1H3. The topological polar surface area (TPSA) is 3.24 Å². The Balaban J connectivity index is 1.95. The number of likely N-dealkylation sites (tertiary alicyclic amines) is 1. The third kappa shape index (κ3) is 2.81. The summed E-state index contributed by atoms with van der Waals surface area (Å²) >= 11 is 0. The highest BCUT2D eigenvalue weighted by Crippen LogP contribution is 2.24. The monoisotopic (exact) mass is 213 g/mol. The van der Waals surface area contributed by atoms with Gasteiger partial charge in [-0.15, -0.1) is 5.47 Å². The molecule has 0 atom stereocenters. The largest absolute Gasteiger partial charge is 0.372 e. The van der Waals surface area contributed by atoms with Gasteiger partial charge in [-0.05, 0) is 31.3 Å². The molecule has 0 aromatic rings. The Labute approximate surface area is 100 Å². The summed E-state index contributed by atoms with van der Waals surface area (Å²) in [5.74, 6) is 0.940. The molecule has 0 aromatic heterocycles. The van der Waals surface area contributed by atoms with E-state index in [1.165, 1.54) is 38.0 Å². The molecule has 2 rings (SSSR count). The molecule has 1 heterocycles. The quantitative estimate of drug-likeness (QED) is 0.637. The maximum atomic E-state index is 5.79. The van der Waals surface area contributed by atoms with Crippen LogP contribution in [0.5, 0.6) is 0 Å². The van der Waals surface area contributed by atoms with Crippen molar-refractivity contribution in [1.29, 1.82) is 0 Å². The first-order chi connectivity index (χ1) is 7.79. The highest BCUT2D eigenvalue weighted by atomic mass is 15.1. The average molecular weight is 213 g/mol.